The predicted molar refractivity (Wildman–Crippen MR) is 75.8 cm³/mol. The maximum Gasteiger partial charge on any atom is 0.318 e. The smallest absolute Gasteiger partial charge is 0.318 e. The summed E-state index contributed by atoms with van der Waals surface area (Å²) in [6.07, 6.45) is 0. The highest BCUT2D eigenvalue weighted by molar-refractivity contribution is 5.88. The van der Waals surface area contributed by atoms with E-state index in [1.807, 2.05) is 43.3 Å². The number of urea groups is 1. The van der Waals surface area contributed by atoms with Gasteiger partial charge < -0.3 is 15.4 Å². The average Bonchev–Trinajstić information content (AvgIpc) is 2.43. The summed E-state index contributed by atoms with van der Waals surface area (Å²) in [4.78, 5) is 11.1. The Morgan fingerprint density at radius 3 is 2.00 bits per heavy atom. The second-order valence-corrected chi connectivity index (χ2v) is 4.14. The van der Waals surface area contributed by atoms with E-state index in [4.69, 9.17) is 4.74 Å². The molecule has 0 saturated carbocycles. The minimum Gasteiger partial charge on any atom is -0.457 e. The maximum absolute atomic E-state index is 11.1. The number of rotatable bonds is 3. The Balaban J connectivity index is 2.02. The van der Waals surface area contributed by atoms with Crippen LogP contribution >= 0.6 is 0 Å². The van der Waals surface area contributed by atoms with E-state index in [-0.39, 0.29) is 6.03 Å². The van der Waals surface area contributed by atoms with Crippen molar-refractivity contribution in [1.29, 1.82) is 0 Å². The molecule has 0 spiro atoms. The summed E-state index contributed by atoms with van der Waals surface area (Å²) in [5, 5.41) is 5.18. The molecule has 0 aliphatic heterocycles. The van der Waals surface area contributed by atoms with Gasteiger partial charge in [-0.3, -0.25) is 0 Å². The molecular formula is C15H16N2O2. The molecule has 2 N–H and O–H groups in total. The molecule has 2 aromatic rings. The summed E-state index contributed by atoms with van der Waals surface area (Å²) in [7, 11) is 1.57. The minimum atomic E-state index is -0.243. The molecule has 4 nitrogen and oxygen atoms in total. The standard InChI is InChI=1S/C15H16N2O2/c1-11-3-7-13(8-4-11)19-14-9-5-12(6-10-14)17-15(18)16-2/h3-10H,1-2H3,(H2,16,17,18). The van der Waals surface area contributed by atoms with Crippen molar-refractivity contribution in [2.45, 2.75) is 6.92 Å². The Bertz CT molecular complexity index is 547. The number of benzene rings is 2. The fourth-order valence-electron chi connectivity index (χ4n) is 1.54. The van der Waals surface area contributed by atoms with Gasteiger partial charge in [0.15, 0.2) is 0 Å². The Labute approximate surface area is 112 Å². The third-order valence-electron chi connectivity index (χ3n) is 2.60. The first-order valence-electron chi connectivity index (χ1n) is 6.01. The van der Waals surface area contributed by atoms with Gasteiger partial charge in [0.1, 0.15) is 11.5 Å². The van der Waals surface area contributed by atoms with Gasteiger partial charge in [-0.2, -0.15) is 0 Å². The molecule has 0 heterocycles. The van der Waals surface area contributed by atoms with Gasteiger partial charge in [-0.05, 0) is 43.3 Å². The normalized spacial score (nSPS) is 9.79. The zero-order chi connectivity index (χ0) is 13.7. The zero-order valence-corrected chi connectivity index (χ0v) is 10.9. The average molecular weight is 256 g/mol. The van der Waals surface area contributed by atoms with Gasteiger partial charge in [0.25, 0.3) is 0 Å². The van der Waals surface area contributed by atoms with Gasteiger partial charge >= 0.3 is 6.03 Å². The lowest BCUT2D eigenvalue weighted by atomic mass is 10.2. The number of anilines is 1. The number of aryl methyl sites for hydroxylation is 1. The molecule has 0 unspecified atom stereocenters. The quantitative estimate of drug-likeness (QED) is 0.882. The monoisotopic (exact) mass is 256 g/mol. The molecule has 2 amide bonds. The maximum atomic E-state index is 11.1. The van der Waals surface area contributed by atoms with Crippen LogP contribution in [0.25, 0.3) is 0 Å². The summed E-state index contributed by atoms with van der Waals surface area (Å²) in [5.41, 5.74) is 1.91. The van der Waals surface area contributed by atoms with Crippen LogP contribution in [0.3, 0.4) is 0 Å². The lowest BCUT2D eigenvalue weighted by Crippen LogP contribution is -2.24. The lowest BCUT2D eigenvalue weighted by Gasteiger charge is -2.08. The fraction of sp³-hybridized carbons (Fsp3) is 0.133. The van der Waals surface area contributed by atoms with Crippen LogP contribution < -0.4 is 15.4 Å². The van der Waals surface area contributed by atoms with E-state index in [1.54, 1.807) is 19.2 Å². The van der Waals surface area contributed by atoms with Crippen LogP contribution in [0.2, 0.25) is 0 Å². The third-order valence-corrected chi connectivity index (χ3v) is 2.60. The van der Waals surface area contributed by atoms with E-state index in [0.29, 0.717) is 0 Å². The zero-order valence-electron chi connectivity index (χ0n) is 10.9. The van der Waals surface area contributed by atoms with Crippen LogP contribution in [0, 0.1) is 6.92 Å². The van der Waals surface area contributed by atoms with Crippen LogP contribution in [-0.2, 0) is 0 Å². The number of nitrogens with one attached hydrogen (secondary N) is 2. The molecule has 0 bridgehead atoms. The number of ether oxygens (including phenoxy) is 1. The largest absolute Gasteiger partial charge is 0.457 e. The number of carbonyl (C=O) groups excluding carboxylic acids is 1. The van der Waals surface area contributed by atoms with Gasteiger partial charge in [-0.15, -0.1) is 0 Å². The summed E-state index contributed by atoms with van der Waals surface area (Å²) in [5.74, 6) is 1.52. The first kappa shape index (κ1) is 13.0. The molecule has 98 valence electrons. The van der Waals surface area contributed by atoms with Crippen molar-refractivity contribution in [2.75, 3.05) is 12.4 Å². The van der Waals surface area contributed by atoms with Crippen LogP contribution in [0.1, 0.15) is 5.56 Å². The van der Waals surface area contributed by atoms with Crippen molar-refractivity contribution in [2.24, 2.45) is 0 Å². The van der Waals surface area contributed by atoms with Gasteiger partial charge in [0.2, 0.25) is 0 Å². The molecule has 0 atom stereocenters. The van der Waals surface area contributed by atoms with Crippen LogP contribution in [0.15, 0.2) is 48.5 Å². The van der Waals surface area contributed by atoms with Crippen molar-refractivity contribution in [1.82, 2.24) is 5.32 Å². The molecule has 2 aromatic carbocycles. The Hall–Kier alpha value is -2.49. The van der Waals surface area contributed by atoms with Crippen molar-refractivity contribution in [3.05, 3.63) is 54.1 Å². The molecule has 0 saturated heterocycles. The van der Waals surface area contributed by atoms with Crippen LogP contribution in [0.4, 0.5) is 10.5 Å². The number of hydrogen-bond donors (Lipinski definition) is 2. The van der Waals surface area contributed by atoms with E-state index in [9.17, 15) is 4.79 Å². The fourth-order valence-corrected chi connectivity index (χ4v) is 1.54. The van der Waals surface area contributed by atoms with Gasteiger partial charge in [-0.25, -0.2) is 4.79 Å². The highest BCUT2D eigenvalue weighted by Crippen LogP contribution is 2.23. The highest BCUT2D eigenvalue weighted by atomic mass is 16.5. The van der Waals surface area contributed by atoms with Crippen molar-refractivity contribution < 1.29 is 9.53 Å². The third kappa shape index (κ3) is 3.74. The summed E-state index contributed by atoms with van der Waals surface area (Å²) < 4.78 is 5.69. The molecule has 4 heteroatoms. The van der Waals surface area contributed by atoms with Crippen LogP contribution in [0.5, 0.6) is 11.5 Å². The van der Waals surface area contributed by atoms with Gasteiger partial charge in [0.05, 0.1) is 0 Å². The number of amides is 2. The molecule has 0 fully saturated rings. The van der Waals surface area contributed by atoms with Crippen molar-refractivity contribution >= 4 is 11.7 Å². The molecule has 19 heavy (non-hydrogen) atoms. The molecule has 0 aliphatic rings. The topological polar surface area (TPSA) is 50.4 Å². The van der Waals surface area contributed by atoms with Crippen molar-refractivity contribution in [3.8, 4) is 11.5 Å². The molecule has 0 aromatic heterocycles. The van der Waals surface area contributed by atoms with E-state index in [1.165, 1.54) is 5.56 Å². The highest BCUT2D eigenvalue weighted by Gasteiger charge is 2.00. The van der Waals surface area contributed by atoms with Crippen molar-refractivity contribution in [3.63, 3.8) is 0 Å². The van der Waals surface area contributed by atoms with E-state index in [2.05, 4.69) is 10.6 Å². The molecule has 0 aliphatic carbocycles. The second-order valence-electron chi connectivity index (χ2n) is 4.14. The Morgan fingerprint density at radius 1 is 0.947 bits per heavy atom. The van der Waals surface area contributed by atoms with E-state index >= 15 is 0 Å². The number of hydrogen-bond acceptors (Lipinski definition) is 2. The Morgan fingerprint density at radius 2 is 1.47 bits per heavy atom. The summed E-state index contributed by atoms with van der Waals surface area (Å²) in [6.45, 7) is 2.03. The van der Waals surface area contributed by atoms with Crippen LogP contribution in [-0.4, -0.2) is 13.1 Å². The molecule has 2 rings (SSSR count). The van der Waals surface area contributed by atoms with E-state index in [0.717, 1.165) is 17.2 Å². The Kier molecular flexibility index (Phi) is 4.03. The molecule has 0 radical (unpaired) electrons. The SMILES string of the molecule is CNC(=O)Nc1ccc(Oc2ccc(C)cc2)cc1. The molecular weight excluding hydrogens is 240 g/mol. The number of carbonyl (C=O) groups is 1. The second kappa shape index (κ2) is 5.91. The summed E-state index contributed by atoms with van der Waals surface area (Å²) in [6, 6.07) is 14.8. The van der Waals surface area contributed by atoms with Gasteiger partial charge in [-0.1, -0.05) is 17.7 Å². The van der Waals surface area contributed by atoms with E-state index < -0.39 is 0 Å². The first-order chi connectivity index (χ1) is 9.17. The minimum absolute atomic E-state index is 0.243. The first-order valence-corrected chi connectivity index (χ1v) is 6.01. The lowest BCUT2D eigenvalue weighted by molar-refractivity contribution is 0.254. The predicted octanol–water partition coefficient (Wildman–Crippen LogP) is 3.54. The van der Waals surface area contributed by atoms with Gasteiger partial charge in [0, 0.05) is 12.7 Å². The summed E-state index contributed by atoms with van der Waals surface area (Å²) >= 11 is 0.